The number of anilines is 3. The third-order valence-electron chi connectivity index (χ3n) is 20.9. The average molecular weight is 1450 g/mol. The predicted molar refractivity (Wildman–Crippen MR) is 407 cm³/mol. The molecular weight excluding hydrogens is 1340 g/mol. The molecule has 0 aliphatic carbocycles. The molecule has 0 radical (unpaired) electrons. The summed E-state index contributed by atoms with van der Waals surface area (Å²) >= 11 is 0. The van der Waals surface area contributed by atoms with Gasteiger partial charge < -0.3 is 74.6 Å². The van der Waals surface area contributed by atoms with Gasteiger partial charge in [0, 0.05) is 65.7 Å². The second-order valence-electron chi connectivity index (χ2n) is 28.3. The lowest BCUT2D eigenvalue weighted by molar-refractivity contribution is -0.149. The number of carbonyl (C=O) groups is 5. The number of nitrogen functional groups attached to an aromatic ring is 3. The van der Waals surface area contributed by atoms with E-state index in [1.54, 1.807) is 18.2 Å². The minimum absolute atomic E-state index is 0.0324. The topological polar surface area (TPSA) is 363 Å². The van der Waals surface area contributed by atoms with E-state index in [4.69, 9.17) is 45.6 Å². The summed E-state index contributed by atoms with van der Waals surface area (Å²) in [5.74, 6) is -3.46. The lowest BCUT2D eigenvalue weighted by atomic mass is 9.97. The van der Waals surface area contributed by atoms with Crippen LogP contribution >= 0.6 is 0 Å². The van der Waals surface area contributed by atoms with Gasteiger partial charge in [-0.15, -0.1) is 0 Å². The zero-order valence-electron chi connectivity index (χ0n) is 61.0. The van der Waals surface area contributed by atoms with E-state index in [2.05, 4.69) is 4.57 Å². The van der Waals surface area contributed by atoms with E-state index in [9.17, 15) is 58.5 Å². The number of ketones is 2. The molecule has 9 N–H and O–H groups in total. The van der Waals surface area contributed by atoms with Crippen LogP contribution in [0.1, 0.15) is 220 Å². The number of hydrogen-bond donors (Lipinski definition) is 6. The SMILES string of the molecule is Cc1c(N)c2c3c(ccc2n1CCCCCCCCCCCCOc1cc(OCCCCCCCCCCCCn2c(C)c(N)c4c(OCC(=O)O)c5c(=O)c(=O)c5cc42)cc(OCCCCCCCCCCCCn2c(C)c(N)c4c(OCC(=O)O)c5c(=O)c(=O)c5cc42)c1)C(=O)C(=O)C(C(=O)O)O3. The first-order valence-corrected chi connectivity index (χ1v) is 37.9. The van der Waals surface area contributed by atoms with Crippen molar-refractivity contribution in [2.24, 2.45) is 0 Å². The molecule has 0 saturated carbocycles. The van der Waals surface area contributed by atoms with Crippen molar-refractivity contribution in [2.75, 3.05) is 50.2 Å². The fourth-order valence-corrected chi connectivity index (χ4v) is 15.0. The van der Waals surface area contributed by atoms with Crippen LogP contribution in [0, 0.1) is 20.8 Å². The molecule has 1 aliphatic heterocycles. The van der Waals surface area contributed by atoms with Gasteiger partial charge in [0.05, 0.1) is 85.9 Å². The fraction of sp³-hybridized carbons (Fsp3) is 0.519. The molecule has 1 aliphatic rings. The van der Waals surface area contributed by atoms with Gasteiger partial charge >= 0.3 is 17.9 Å². The van der Waals surface area contributed by atoms with Gasteiger partial charge in [-0.25, -0.2) is 14.4 Å². The van der Waals surface area contributed by atoms with Gasteiger partial charge in [0.25, 0.3) is 11.9 Å². The molecule has 1 atom stereocenters. The summed E-state index contributed by atoms with van der Waals surface area (Å²) in [5, 5.41) is 30.2. The Balaban J connectivity index is 0.603. The highest BCUT2D eigenvalue weighted by atomic mass is 16.5. The summed E-state index contributed by atoms with van der Waals surface area (Å²) in [6.07, 6.45) is 30.5. The molecule has 10 rings (SSSR count). The number of aromatic nitrogens is 3. The molecule has 564 valence electrons. The quantitative estimate of drug-likeness (QED) is 0.0117. The van der Waals surface area contributed by atoms with Gasteiger partial charge in [-0.2, -0.15) is 0 Å². The van der Waals surface area contributed by atoms with Gasteiger partial charge in [-0.05, 0) is 83.6 Å². The highest BCUT2D eigenvalue weighted by Crippen LogP contribution is 2.44. The first-order chi connectivity index (χ1) is 50.7. The molecule has 0 fully saturated rings. The zero-order valence-corrected chi connectivity index (χ0v) is 61.0. The van der Waals surface area contributed by atoms with Crippen LogP contribution in [0.5, 0.6) is 34.5 Å². The molecule has 24 nitrogen and oxygen atoms in total. The van der Waals surface area contributed by atoms with Crippen LogP contribution in [0.2, 0.25) is 0 Å². The standard InChI is InChI=1S/C81H102N6O18/c1-49-68(82)65-58(35-34-55-71(92)76(97)80(81(98)99)105-77(55)65)85(49)36-28-22-16-10-4-7-13-19-25-31-39-100-52-42-53(101-40-32-26-20-14-8-5-11-17-23-29-37-86-50(2)69(83)66-59(86)45-56-63(74(95)72(56)93)78(66)103-47-61(88)89)44-54(43-52)102-41-33-27-21-15-9-6-12-18-24-30-38-87-51(3)70(84)67-60(87)46-57-64(75(96)73(57)94)79(67)104-48-62(90)91/h34-35,42-46,80H,4-33,36-41,47-48,82-84H2,1-3H3,(H,88,89)(H,90,91)(H,98,99). The van der Waals surface area contributed by atoms with E-state index >= 15 is 0 Å². The van der Waals surface area contributed by atoms with Crippen LogP contribution in [-0.4, -0.2) is 97.6 Å². The summed E-state index contributed by atoms with van der Waals surface area (Å²) < 4.78 is 41.9. The monoisotopic (exact) mass is 1450 g/mol. The van der Waals surface area contributed by atoms with Crippen LogP contribution < -0.4 is 67.3 Å². The predicted octanol–water partition coefficient (Wildman–Crippen LogP) is 14.2. The molecule has 9 aromatic rings. The van der Waals surface area contributed by atoms with E-state index in [1.807, 2.05) is 48.1 Å². The van der Waals surface area contributed by atoms with Crippen LogP contribution in [0.15, 0.2) is 61.6 Å². The second-order valence-corrected chi connectivity index (χ2v) is 28.3. The lowest BCUT2D eigenvalue weighted by Crippen LogP contribution is -2.43. The van der Waals surface area contributed by atoms with Crippen LogP contribution in [-0.2, 0) is 38.8 Å². The van der Waals surface area contributed by atoms with Gasteiger partial charge in [0.15, 0.2) is 13.2 Å². The Hall–Kier alpha value is -9.87. The second kappa shape index (κ2) is 36.7. The summed E-state index contributed by atoms with van der Waals surface area (Å²) in [4.78, 5) is 109. The van der Waals surface area contributed by atoms with Crippen molar-refractivity contribution >= 4 is 101 Å². The Morgan fingerprint density at radius 2 is 0.705 bits per heavy atom. The van der Waals surface area contributed by atoms with Crippen molar-refractivity contribution in [3.63, 3.8) is 0 Å². The Kier molecular flexibility index (Phi) is 27.2. The zero-order chi connectivity index (χ0) is 74.8. The van der Waals surface area contributed by atoms with Crippen LogP contribution in [0.3, 0.4) is 0 Å². The number of nitrogens with two attached hydrogens (primary N) is 3. The number of fused-ring (bicyclic) bond motifs is 7. The normalized spacial score (nSPS) is 13.2. The Morgan fingerprint density at radius 3 is 1.04 bits per heavy atom. The minimum atomic E-state index is -1.89. The minimum Gasteiger partial charge on any atom is -0.493 e. The molecule has 105 heavy (non-hydrogen) atoms. The highest BCUT2D eigenvalue weighted by molar-refractivity contribution is 6.49. The molecule has 1 unspecified atom stereocenters. The summed E-state index contributed by atoms with van der Waals surface area (Å²) in [7, 11) is 0. The maximum absolute atomic E-state index is 12.7. The number of benzene rings is 4. The number of nitrogens with zero attached hydrogens (tertiary/aromatic N) is 3. The first-order valence-electron chi connectivity index (χ1n) is 37.9. The molecule has 0 saturated heterocycles. The van der Waals surface area contributed by atoms with Crippen molar-refractivity contribution in [3.05, 3.63) is 106 Å². The van der Waals surface area contributed by atoms with Gasteiger partial charge in [-0.1, -0.05) is 154 Å². The van der Waals surface area contributed by atoms with Gasteiger partial charge in [0.1, 0.15) is 34.5 Å². The van der Waals surface area contributed by atoms with Gasteiger partial charge in [-0.3, -0.25) is 28.8 Å². The number of carbonyl (C=O) groups excluding carboxylic acids is 2. The van der Waals surface area contributed by atoms with E-state index in [1.165, 1.54) is 25.3 Å². The van der Waals surface area contributed by atoms with Crippen LogP contribution in [0.4, 0.5) is 17.1 Å². The Bertz CT molecular complexity index is 4560. The number of hydrogen-bond acceptors (Lipinski definition) is 18. The Labute approximate surface area is 609 Å². The van der Waals surface area contributed by atoms with E-state index in [0.29, 0.717) is 83.7 Å². The molecule has 0 amide bonds. The Morgan fingerprint density at radius 1 is 0.390 bits per heavy atom. The van der Waals surface area contributed by atoms with Crippen molar-refractivity contribution in [1.29, 1.82) is 0 Å². The maximum Gasteiger partial charge on any atom is 0.353 e. The number of carboxylic acid groups (broad SMARTS) is 3. The number of carboxylic acids is 3. The number of Topliss-reactive ketones (excluding diaryl/α,β-unsaturated/α-hetero) is 2. The largest absolute Gasteiger partial charge is 0.493 e. The highest BCUT2D eigenvalue weighted by Gasteiger charge is 2.42. The van der Waals surface area contributed by atoms with E-state index in [-0.39, 0.29) is 44.4 Å². The number of unbranched alkanes of at least 4 members (excludes halogenated alkanes) is 27. The molecule has 24 heteroatoms. The van der Waals surface area contributed by atoms with Crippen molar-refractivity contribution in [1.82, 2.24) is 13.7 Å². The summed E-state index contributed by atoms with van der Waals surface area (Å²) in [5.41, 5.74) is 22.6. The van der Waals surface area contributed by atoms with Crippen molar-refractivity contribution < 1.29 is 67.7 Å². The summed E-state index contributed by atoms with van der Waals surface area (Å²) in [6, 6.07) is 12.5. The lowest BCUT2D eigenvalue weighted by Gasteiger charge is -2.22. The molecule has 4 heterocycles. The molecule has 3 aromatic heterocycles. The molecular formula is C81H102N6O18. The van der Waals surface area contributed by atoms with Crippen molar-refractivity contribution in [2.45, 2.75) is 239 Å². The molecule has 0 bridgehead atoms. The third-order valence-corrected chi connectivity index (χ3v) is 20.9. The number of aryl methyl sites for hydroxylation is 3. The smallest absolute Gasteiger partial charge is 0.353 e. The molecule has 0 spiro atoms. The average Bonchev–Trinajstić information content (AvgIpc) is 1.67. The number of ether oxygens (including phenoxy) is 6. The van der Waals surface area contributed by atoms with Gasteiger partial charge in [0.2, 0.25) is 27.5 Å². The number of rotatable bonds is 49. The first kappa shape index (κ1) is 77.7. The fourth-order valence-electron chi connectivity index (χ4n) is 15.0. The third kappa shape index (κ3) is 18.3. The summed E-state index contributed by atoms with van der Waals surface area (Å²) in [6.45, 7) is 8.18. The van der Waals surface area contributed by atoms with E-state index in [0.717, 1.165) is 213 Å². The van der Waals surface area contributed by atoms with Crippen LogP contribution in [0.25, 0.3) is 54.3 Å². The molecule has 6 aromatic carbocycles. The maximum atomic E-state index is 12.7. The van der Waals surface area contributed by atoms with Crippen molar-refractivity contribution in [3.8, 4) is 34.5 Å². The van der Waals surface area contributed by atoms with E-state index < -0.39 is 70.5 Å². The number of aliphatic carboxylic acids is 3.